The van der Waals surface area contributed by atoms with E-state index >= 15 is 0 Å². The van der Waals surface area contributed by atoms with Crippen LogP contribution in [0.3, 0.4) is 0 Å². The first-order valence-electron chi connectivity index (χ1n) is 7.22. The number of nitrogens with zero attached hydrogens (tertiary/aromatic N) is 2. The highest BCUT2D eigenvalue weighted by Gasteiger charge is 2.12. The molecule has 3 rings (SSSR count). The molecule has 4 heteroatoms. The van der Waals surface area contributed by atoms with E-state index in [4.69, 9.17) is 10.5 Å². The fraction of sp³-hybridized carbons (Fsp3) is 0.438. The molecule has 2 N–H and O–H groups in total. The minimum absolute atomic E-state index is 0.500. The van der Waals surface area contributed by atoms with Gasteiger partial charge in [-0.2, -0.15) is 0 Å². The van der Waals surface area contributed by atoms with Crippen LogP contribution in [0.15, 0.2) is 24.4 Å². The third-order valence-electron chi connectivity index (χ3n) is 3.86. The van der Waals surface area contributed by atoms with E-state index in [0.717, 1.165) is 23.7 Å². The number of nitrogens with two attached hydrogens (primary N) is 1. The highest BCUT2D eigenvalue weighted by molar-refractivity contribution is 5.38. The predicted octanol–water partition coefficient (Wildman–Crippen LogP) is 1.99. The zero-order valence-electron chi connectivity index (χ0n) is 11.9. The van der Waals surface area contributed by atoms with Crippen LogP contribution in [0.4, 0.5) is 0 Å². The lowest BCUT2D eigenvalue weighted by atomic mass is 10.1. The number of hydrogen-bond donors (Lipinski definition) is 1. The average Bonchev–Trinajstić information content (AvgIpc) is 3.03. The molecular formula is C16H21N3O. The highest BCUT2D eigenvalue weighted by Crippen LogP contribution is 2.26. The van der Waals surface area contributed by atoms with Crippen molar-refractivity contribution in [1.29, 1.82) is 0 Å². The summed E-state index contributed by atoms with van der Waals surface area (Å²) in [5.74, 6) is 1.88. The molecule has 1 aromatic carbocycles. The monoisotopic (exact) mass is 271 g/mol. The van der Waals surface area contributed by atoms with Crippen LogP contribution < -0.4 is 10.5 Å². The summed E-state index contributed by atoms with van der Waals surface area (Å²) in [6.45, 7) is 1.13. The van der Waals surface area contributed by atoms with Crippen molar-refractivity contribution in [2.24, 2.45) is 12.8 Å². The first-order chi connectivity index (χ1) is 9.76. The van der Waals surface area contributed by atoms with Crippen LogP contribution in [0.5, 0.6) is 5.75 Å². The Morgan fingerprint density at radius 1 is 1.30 bits per heavy atom. The maximum absolute atomic E-state index is 5.88. The Bertz CT molecular complexity index is 604. The van der Waals surface area contributed by atoms with Crippen molar-refractivity contribution >= 4 is 0 Å². The Morgan fingerprint density at radius 2 is 2.15 bits per heavy atom. The summed E-state index contributed by atoms with van der Waals surface area (Å²) < 4.78 is 7.89. The number of imidazole rings is 1. The Kier molecular flexibility index (Phi) is 3.74. The van der Waals surface area contributed by atoms with Gasteiger partial charge in [-0.15, -0.1) is 0 Å². The van der Waals surface area contributed by atoms with Gasteiger partial charge in [0.05, 0.1) is 5.69 Å². The zero-order chi connectivity index (χ0) is 13.9. The van der Waals surface area contributed by atoms with E-state index in [0.29, 0.717) is 13.2 Å². The predicted molar refractivity (Wildman–Crippen MR) is 78.8 cm³/mol. The molecule has 0 spiro atoms. The lowest BCUT2D eigenvalue weighted by Crippen LogP contribution is -2.04. The molecule has 0 aliphatic heterocycles. The Labute approximate surface area is 119 Å². The summed E-state index contributed by atoms with van der Waals surface area (Å²) in [5.41, 5.74) is 9.49. The summed E-state index contributed by atoms with van der Waals surface area (Å²) >= 11 is 0. The van der Waals surface area contributed by atoms with Crippen molar-refractivity contribution in [3.05, 3.63) is 47.0 Å². The second-order valence-electron chi connectivity index (χ2n) is 5.37. The molecule has 0 radical (unpaired) electrons. The van der Waals surface area contributed by atoms with Crippen LogP contribution in [0.2, 0.25) is 0 Å². The summed E-state index contributed by atoms with van der Waals surface area (Å²) in [4.78, 5) is 4.55. The molecule has 4 nitrogen and oxygen atoms in total. The highest BCUT2D eigenvalue weighted by atomic mass is 16.5. The third-order valence-corrected chi connectivity index (χ3v) is 3.86. The van der Waals surface area contributed by atoms with E-state index in [1.165, 1.54) is 30.4 Å². The van der Waals surface area contributed by atoms with Crippen molar-refractivity contribution in [3.8, 4) is 5.75 Å². The number of ether oxygens (including phenoxy) is 1. The quantitative estimate of drug-likeness (QED) is 0.905. The third kappa shape index (κ3) is 2.70. The van der Waals surface area contributed by atoms with Gasteiger partial charge in [-0.1, -0.05) is 6.07 Å². The van der Waals surface area contributed by atoms with Gasteiger partial charge >= 0.3 is 0 Å². The number of rotatable bonds is 5. The van der Waals surface area contributed by atoms with Crippen LogP contribution >= 0.6 is 0 Å². The fourth-order valence-electron chi connectivity index (χ4n) is 2.76. The van der Waals surface area contributed by atoms with Crippen LogP contribution in [0, 0.1) is 0 Å². The zero-order valence-corrected chi connectivity index (χ0v) is 11.9. The van der Waals surface area contributed by atoms with Crippen molar-refractivity contribution in [1.82, 2.24) is 9.55 Å². The second kappa shape index (κ2) is 5.67. The summed E-state index contributed by atoms with van der Waals surface area (Å²) in [7, 11) is 1.99. The van der Waals surface area contributed by atoms with Gasteiger partial charge in [0.15, 0.2) is 0 Å². The fourth-order valence-corrected chi connectivity index (χ4v) is 2.76. The topological polar surface area (TPSA) is 53.1 Å². The molecule has 1 heterocycles. The number of aromatic nitrogens is 2. The summed E-state index contributed by atoms with van der Waals surface area (Å²) in [5, 5.41) is 0. The van der Waals surface area contributed by atoms with Crippen molar-refractivity contribution < 1.29 is 4.74 Å². The molecule has 0 amide bonds. The molecule has 0 saturated carbocycles. The lowest BCUT2D eigenvalue weighted by Gasteiger charge is -2.08. The largest absolute Gasteiger partial charge is 0.486 e. The van der Waals surface area contributed by atoms with Gasteiger partial charge in [-0.05, 0) is 49.1 Å². The van der Waals surface area contributed by atoms with Gasteiger partial charge in [-0.3, -0.25) is 0 Å². The van der Waals surface area contributed by atoms with Crippen molar-refractivity contribution in [3.63, 3.8) is 0 Å². The molecule has 1 aromatic heterocycles. The molecule has 1 aliphatic rings. The minimum Gasteiger partial charge on any atom is -0.486 e. The molecular weight excluding hydrogens is 250 g/mol. The van der Waals surface area contributed by atoms with Gasteiger partial charge in [0.25, 0.3) is 0 Å². The van der Waals surface area contributed by atoms with Gasteiger partial charge in [0.1, 0.15) is 18.2 Å². The van der Waals surface area contributed by atoms with Crippen molar-refractivity contribution in [2.45, 2.75) is 32.3 Å². The molecule has 106 valence electrons. The van der Waals surface area contributed by atoms with E-state index in [1.54, 1.807) is 0 Å². The number of fused-ring (bicyclic) bond motifs is 1. The van der Waals surface area contributed by atoms with Gasteiger partial charge < -0.3 is 15.0 Å². The molecule has 20 heavy (non-hydrogen) atoms. The van der Waals surface area contributed by atoms with Crippen LogP contribution in [0.25, 0.3) is 0 Å². The number of aryl methyl sites for hydroxylation is 3. The normalized spacial score (nSPS) is 13.5. The summed E-state index contributed by atoms with van der Waals surface area (Å²) in [6, 6.07) is 6.43. The number of benzene rings is 1. The van der Waals surface area contributed by atoms with E-state index in [2.05, 4.69) is 23.2 Å². The van der Waals surface area contributed by atoms with Gasteiger partial charge in [0.2, 0.25) is 0 Å². The lowest BCUT2D eigenvalue weighted by molar-refractivity contribution is 0.291. The first kappa shape index (κ1) is 13.2. The number of hydrogen-bond acceptors (Lipinski definition) is 3. The molecule has 1 aliphatic carbocycles. The van der Waals surface area contributed by atoms with E-state index in [1.807, 2.05) is 17.8 Å². The Balaban J connectivity index is 1.67. The van der Waals surface area contributed by atoms with E-state index < -0.39 is 0 Å². The van der Waals surface area contributed by atoms with Crippen molar-refractivity contribution in [2.75, 3.05) is 6.54 Å². The smallest absolute Gasteiger partial charge is 0.146 e. The summed E-state index contributed by atoms with van der Waals surface area (Å²) in [6.07, 6.45) is 6.48. The molecule has 2 aromatic rings. The molecule has 0 atom stereocenters. The molecule has 0 unspecified atom stereocenters. The van der Waals surface area contributed by atoms with Crippen LogP contribution in [-0.4, -0.2) is 16.1 Å². The van der Waals surface area contributed by atoms with Gasteiger partial charge in [-0.25, -0.2) is 4.98 Å². The second-order valence-corrected chi connectivity index (χ2v) is 5.37. The standard InChI is InChI=1S/C16H21N3O/c1-19-10-14(7-8-17)18-16(19)11-20-15-6-5-12-3-2-4-13(12)9-15/h5-6,9-10H,2-4,7-8,11,17H2,1H3. The molecule has 0 fully saturated rings. The first-order valence-corrected chi connectivity index (χ1v) is 7.22. The maximum Gasteiger partial charge on any atom is 0.146 e. The SMILES string of the molecule is Cn1cc(CCN)nc1COc1ccc2c(c1)CCC2. The van der Waals surface area contributed by atoms with Crippen LogP contribution in [-0.2, 0) is 32.9 Å². The minimum atomic E-state index is 0.500. The Hall–Kier alpha value is -1.81. The maximum atomic E-state index is 5.88. The van der Waals surface area contributed by atoms with E-state index in [-0.39, 0.29) is 0 Å². The molecule has 0 saturated heterocycles. The van der Waals surface area contributed by atoms with Gasteiger partial charge in [0, 0.05) is 19.7 Å². The van der Waals surface area contributed by atoms with Crippen LogP contribution in [0.1, 0.15) is 29.1 Å². The Morgan fingerprint density at radius 3 is 3.00 bits per heavy atom. The average molecular weight is 271 g/mol. The molecule has 0 bridgehead atoms. The van der Waals surface area contributed by atoms with E-state index in [9.17, 15) is 0 Å².